The highest BCUT2D eigenvalue weighted by molar-refractivity contribution is 8.01. The first-order chi connectivity index (χ1) is 14.1. The number of aromatic nitrogens is 1. The smallest absolute Gasteiger partial charge is 0.253 e. The second-order valence-corrected chi connectivity index (χ2v) is 8.77. The largest absolute Gasteiger partial charge is 0.497 e. The summed E-state index contributed by atoms with van der Waals surface area (Å²) in [5.41, 5.74) is 4.00. The molecule has 0 unspecified atom stereocenters. The molecule has 29 heavy (non-hydrogen) atoms. The molecule has 0 aliphatic carbocycles. The zero-order valence-electron chi connectivity index (χ0n) is 16.2. The van der Waals surface area contributed by atoms with E-state index in [0.29, 0.717) is 12.2 Å². The molecule has 0 spiro atoms. The van der Waals surface area contributed by atoms with Crippen molar-refractivity contribution in [1.82, 2.24) is 9.99 Å². The van der Waals surface area contributed by atoms with Gasteiger partial charge in [0, 0.05) is 17.5 Å². The molecule has 2 aromatic carbocycles. The summed E-state index contributed by atoms with van der Waals surface area (Å²) in [6.07, 6.45) is 0.684. The van der Waals surface area contributed by atoms with Gasteiger partial charge < -0.3 is 4.74 Å². The molecule has 7 heteroatoms. The lowest BCUT2D eigenvalue weighted by Gasteiger charge is -2.22. The molecule has 0 fully saturated rings. The fraction of sp³-hybridized carbons (Fsp3) is 0.227. The monoisotopic (exact) mass is 423 g/mol. The maximum atomic E-state index is 13.1. The van der Waals surface area contributed by atoms with Crippen molar-refractivity contribution < 1.29 is 9.53 Å². The van der Waals surface area contributed by atoms with Crippen molar-refractivity contribution in [2.45, 2.75) is 23.7 Å². The number of nitrogens with zero attached hydrogens (tertiary/aromatic N) is 3. The van der Waals surface area contributed by atoms with E-state index in [1.807, 2.05) is 66.9 Å². The minimum Gasteiger partial charge on any atom is -0.497 e. The number of thioether (sulfide) groups is 1. The Kier molecular flexibility index (Phi) is 5.97. The maximum absolute atomic E-state index is 13.1. The van der Waals surface area contributed by atoms with Crippen LogP contribution >= 0.6 is 23.1 Å². The number of carbonyl (C=O) groups excluding carboxylic acids is 1. The first kappa shape index (κ1) is 19.7. The lowest BCUT2D eigenvalue weighted by atomic mass is 9.98. The third-order valence-electron chi connectivity index (χ3n) is 4.69. The topological polar surface area (TPSA) is 54.8 Å². The van der Waals surface area contributed by atoms with Gasteiger partial charge >= 0.3 is 0 Å². The number of aryl methyl sites for hydroxylation is 1. The molecule has 1 aromatic heterocycles. The summed E-state index contributed by atoms with van der Waals surface area (Å²) in [6, 6.07) is 17.8. The standard InChI is InChI=1S/C22H21N3O2S2/c1-15-13-28-22(23-15)29-14-21(26)25-20(17-8-10-18(27-2)11-9-17)12-19(24-25)16-6-4-3-5-7-16/h3-11,13,20H,12,14H2,1-2H3/t20-/m1/s1. The van der Waals surface area contributed by atoms with E-state index in [2.05, 4.69) is 4.98 Å². The van der Waals surface area contributed by atoms with E-state index in [1.54, 1.807) is 23.5 Å². The summed E-state index contributed by atoms with van der Waals surface area (Å²) in [5.74, 6) is 1.09. The van der Waals surface area contributed by atoms with Crippen LogP contribution in [0.3, 0.4) is 0 Å². The maximum Gasteiger partial charge on any atom is 0.253 e. The van der Waals surface area contributed by atoms with Crippen molar-refractivity contribution in [3.63, 3.8) is 0 Å². The van der Waals surface area contributed by atoms with Crippen molar-refractivity contribution >= 4 is 34.7 Å². The number of hydrazone groups is 1. The first-order valence-corrected chi connectivity index (χ1v) is 11.1. The normalized spacial score (nSPS) is 16.0. The molecule has 0 radical (unpaired) electrons. The predicted molar refractivity (Wildman–Crippen MR) is 118 cm³/mol. The van der Waals surface area contributed by atoms with Crippen molar-refractivity contribution in [2.75, 3.05) is 12.9 Å². The molecule has 0 saturated carbocycles. The third-order valence-corrected chi connectivity index (χ3v) is 6.81. The lowest BCUT2D eigenvalue weighted by Crippen LogP contribution is -2.28. The van der Waals surface area contributed by atoms with Gasteiger partial charge in [-0.05, 0) is 30.2 Å². The van der Waals surface area contributed by atoms with Gasteiger partial charge in [-0.3, -0.25) is 4.79 Å². The third kappa shape index (κ3) is 4.52. The number of amides is 1. The van der Waals surface area contributed by atoms with Gasteiger partial charge in [0.25, 0.3) is 5.91 Å². The van der Waals surface area contributed by atoms with Crippen molar-refractivity contribution in [3.05, 3.63) is 76.8 Å². The number of ether oxygens (including phenoxy) is 1. The number of methoxy groups -OCH3 is 1. The molecule has 4 rings (SSSR count). The molecule has 148 valence electrons. The molecule has 3 aromatic rings. The highest BCUT2D eigenvalue weighted by Crippen LogP contribution is 2.34. The Morgan fingerprint density at radius 3 is 2.62 bits per heavy atom. The Bertz CT molecular complexity index is 1020. The van der Waals surface area contributed by atoms with E-state index >= 15 is 0 Å². The molecule has 1 aliphatic heterocycles. The van der Waals surface area contributed by atoms with E-state index in [4.69, 9.17) is 9.84 Å². The Balaban J connectivity index is 1.57. The number of hydrogen-bond donors (Lipinski definition) is 0. The predicted octanol–water partition coefficient (Wildman–Crippen LogP) is 4.93. The van der Waals surface area contributed by atoms with E-state index in [-0.39, 0.29) is 11.9 Å². The van der Waals surface area contributed by atoms with E-state index in [1.165, 1.54) is 11.8 Å². The molecule has 1 aliphatic rings. The Labute approximate surface area is 178 Å². The van der Waals surface area contributed by atoms with Gasteiger partial charge in [0.1, 0.15) is 5.75 Å². The van der Waals surface area contributed by atoms with Crippen LogP contribution in [-0.2, 0) is 4.79 Å². The number of hydrogen-bond acceptors (Lipinski definition) is 6. The average Bonchev–Trinajstić information content (AvgIpc) is 3.39. The number of benzene rings is 2. The number of thiazole rings is 1. The van der Waals surface area contributed by atoms with Crippen LogP contribution in [0.1, 0.15) is 29.3 Å². The summed E-state index contributed by atoms with van der Waals surface area (Å²) in [7, 11) is 1.65. The molecule has 2 heterocycles. The molecule has 5 nitrogen and oxygen atoms in total. The van der Waals surface area contributed by atoms with Crippen LogP contribution in [0, 0.1) is 6.92 Å². The minimum atomic E-state index is -0.123. The summed E-state index contributed by atoms with van der Waals surface area (Å²) in [4.78, 5) is 17.5. The Morgan fingerprint density at radius 2 is 1.97 bits per heavy atom. The zero-order valence-corrected chi connectivity index (χ0v) is 17.9. The van der Waals surface area contributed by atoms with Gasteiger partial charge in [0.05, 0.1) is 24.6 Å². The Morgan fingerprint density at radius 1 is 1.21 bits per heavy atom. The molecular formula is C22H21N3O2S2. The van der Waals surface area contributed by atoms with Crippen LogP contribution in [0.25, 0.3) is 0 Å². The fourth-order valence-electron chi connectivity index (χ4n) is 3.22. The summed E-state index contributed by atoms with van der Waals surface area (Å²) in [5, 5.41) is 8.35. The van der Waals surface area contributed by atoms with E-state index < -0.39 is 0 Å². The Hall–Kier alpha value is -2.64. The van der Waals surface area contributed by atoms with Gasteiger partial charge in [-0.15, -0.1) is 11.3 Å². The average molecular weight is 424 g/mol. The number of rotatable bonds is 6. The van der Waals surface area contributed by atoms with Crippen molar-refractivity contribution in [3.8, 4) is 5.75 Å². The molecular weight excluding hydrogens is 402 g/mol. The first-order valence-electron chi connectivity index (χ1n) is 9.28. The van der Waals surface area contributed by atoms with Crippen LogP contribution in [-0.4, -0.2) is 34.5 Å². The highest BCUT2D eigenvalue weighted by Gasteiger charge is 2.33. The second kappa shape index (κ2) is 8.80. The molecule has 0 bridgehead atoms. The summed E-state index contributed by atoms with van der Waals surface area (Å²) >= 11 is 3.03. The van der Waals surface area contributed by atoms with Crippen LogP contribution in [0.2, 0.25) is 0 Å². The van der Waals surface area contributed by atoms with Gasteiger partial charge in [0.2, 0.25) is 0 Å². The molecule has 0 N–H and O–H groups in total. The minimum absolute atomic E-state index is 0.0189. The van der Waals surface area contributed by atoms with E-state index in [0.717, 1.165) is 32.6 Å². The molecule has 1 atom stereocenters. The summed E-state index contributed by atoms with van der Waals surface area (Å²) < 4.78 is 6.17. The van der Waals surface area contributed by atoms with Gasteiger partial charge in [-0.25, -0.2) is 9.99 Å². The SMILES string of the molecule is COc1ccc([C@H]2CC(c3ccccc3)=NN2C(=O)CSc2nc(C)cs2)cc1. The zero-order chi connectivity index (χ0) is 20.2. The highest BCUT2D eigenvalue weighted by atomic mass is 32.2. The molecule has 0 saturated heterocycles. The lowest BCUT2D eigenvalue weighted by molar-refractivity contribution is -0.130. The quantitative estimate of drug-likeness (QED) is 0.528. The van der Waals surface area contributed by atoms with E-state index in [9.17, 15) is 4.79 Å². The van der Waals surface area contributed by atoms with Crippen LogP contribution < -0.4 is 4.74 Å². The molecule has 1 amide bonds. The van der Waals surface area contributed by atoms with Crippen LogP contribution in [0.5, 0.6) is 5.75 Å². The van der Waals surface area contributed by atoms with Crippen molar-refractivity contribution in [1.29, 1.82) is 0 Å². The van der Waals surface area contributed by atoms with Crippen molar-refractivity contribution in [2.24, 2.45) is 5.10 Å². The van der Waals surface area contributed by atoms with Crippen LogP contribution in [0.4, 0.5) is 0 Å². The fourth-order valence-corrected chi connectivity index (χ4v) is 4.92. The van der Waals surface area contributed by atoms with Crippen LogP contribution in [0.15, 0.2) is 69.4 Å². The second-order valence-electron chi connectivity index (χ2n) is 6.69. The van der Waals surface area contributed by atoms with Gasteiger partial charge in [-0.2, -0.15) is 5.10 Å². The van der Waals surface area contributed by atoms with Gasteiger partial charge in [0.15, 0.2) is 4.34 Å². The number of carbonyl (C=O) groups is 1. The van der Waals surface area contributed by atoms with Gasteiger partial charge in [-0.1, -0.05) is 54.2 Å². The summed E-state index contributed by atoms with van der Waals surface area (Å²) in [6.45, 7) is 1.96.